The van der Waals surface area contributed by atoms with Crippen molar-refractivity contribution in [1.29, 1.82) is 0 Å². The van der Waals surface area contributed by atoms with Gasteiger partial charge in [-0.25, -0.2) is 3.11 Å². The van der Waals surface area contributed by atoms with Gasteiger partial charge < -0.3 is 10.2 Å². The van der Waals surface area contributed by atoms with Crippen LogP contribution in [0, 0.1) is 0 Å². The predicted octanol–water partition coefficient (Wildman–Crippen LogP) is 1.40. The number of piperazine rings is 1. The van der Waals surface area contributed by atoms with E-state index in [-0.39, 0.29) is 5.91 Å². The van der Waals surface area contributed by atoms with Crippen LogP contribution in [0.3, 0.4) is 0 Å². The number of carbonyl (C=O) groups excluding carboxylic acids is 1. The van der Waals surface area contributed by atoms with Crippen LogP contribution in [0.5, 0.6) is 0 Å². The number of hydrogen-bond acceptors (Lipinski definition) is 3. The Bertz CT molecular complexity index is 471. The maximum absolute atomic E-state index is 12.4. The van der Waals surface area contributed by atoms with Gasteiger partial charge in [-0.3, -0.25) is 4.79 Å². The Kier molecular flexibility index (Phi) is 3.54. The molecular formula is C13H16IN3O. The van der Waals surface area contributed by atoms with Gasteiger partial charge in [-0.05, 0) is 23.3 Å². The van der Waals surface area contributed by atoms with Gasteiger partial charge in [0.1, 0.15) is 0 Å². The number of amides is 1. The Balaban J connectivity index is 1.80. The van der Waals surface area contributed by atoms with Gasteiger partial charge in [0, 0.05) is 67.7 Å². The highest BCUT2D eigenvalue weighted by molar-refractivity contribution is 14.1. The van der Waals surface area contributed by atoms with Gasteiger partial charge in [-0.2, -0.15) is 0 Å². The lowest BCUT2D eigenvalue weighted by Crippen LogP contribution is -2.46. The first-order valence-corrected chi connectivity index (χ1v) is 7.23. The third kappa shape index (κ3) is 2.39. The van der Waals surface area contributed by atoms with E-state index in [1.807, 2.05) is 11.0 Å². The van der Waals surface area contributed by atoms with Crippen molar-refractivity contribution >= 4 is 28.8 Å². The fourth-order valence-corrected chi connectivity index (χ4v) is 3.27. The third-order valence-corrected chi connectivity index (χ3v) is 4.22. The van der Waals surface area contributed by atoms with Crippen molar-refractivity contribution in [3.63, 3.8) is 0 Å². The highest BCUT2D eigenvalue weighted by Gasteiger charge is 2.21. The molecule has 1 amide bonds. The summed E-state index contributed by atoms with van der Waals surface area (Å²) in [5.74, 6) is 0.172. The van der Waals surface area contributed by atoms with E-state index in [2.05, 4.69) is 43.4 Å². The molecule has 1 aromatic carbocycles. The lowest BCUT2D eigenvalue weighted by molar-refractivity contribution is 0.0735. The van der Waals surface area contributed by atoms with Crippen LogP contribution >= 0.6 is 22.9 Å². The molecule has 0 atom stereocenters. The van der Waals surface area contributed by atoms with E-state index >= 15 is 0 Å². The highest BCUT2D eigenvalue weighted by atomic mass is 127. The fraction of sp³-hybridized carbons (Fsp3) is 0.462. The van der Waals surface area contributed by atoms with Gasteiger partial charge in [0.15, 0.2) is 0 Å². The molecule has 18 heavy (non-hydrogen) atoms. The number of rotatable bonds is 1. The van der Waals surface area contributed by atoms with Crippen LogP contribution in [0.15, 0.2) is 18.2 Å². The van der Waals surface area contributed by atoms with E-state index in [0.717, 1.165) is 44.8 Å². The largest absolute Gasteiger partial charge is 0.336 e. The Morgan fingerprint density at radius 2 is 1.89 bits per heavy atom. The first-order chi connectivity index (χ1) is 8.74. The van der Waals surface area contributed by atoms with Crippen molar-refractivity contribution in [2.45, 2.75) is 13.1 Å². The van der Waals surface area contributed by atoms with E-state index in [4.69, 9.17) is 0 Å². The normalized spacial score (nSPS) is 19.9. The molecule has 2 heterocycles. The van der Waals surface area contributed by atoms with E-state index in [9.17, 15) is 4.79 Å². The van der Waals surface area contributed by atoms with Gasteiger partial charge in [-0.1, -0.05) is 6.07 Å². The molecule has 1 aromatic rings. The van der Waals surface area contributed by atoms with Crippen molar-refractivity contribution in [3.05, 3.63) is 34.9 Å². The SMILES string of the molecule is O=C(c1ccc2c(c1)CN(I)C2)N1CCNCC1. The molecule has 0 unspecified atom stereocenters. The molecule has 0 aromatic heterocycles. The van der Waals surface area contributed by atoms with Crippen LogP contribution in [0.2, 0.25) is 0 Å². The lowest BCUT2D eigenvalue weighted by atomic mass is 10.1. The van der Waals surface area contributed by atoms with Crippen LogP contribution in [0.4, 0.5) is 0 Å². The predicted molar refractivity (Wildman–Crippen MR) is 78.5 cm³/mol. The number of nitrogens with zero attached hydrogens (tertiary/aromatic N) is 2. The summed E-state index contributed by atoms with van der Waals surface area (Å²) in [5, 5.41) is 3.27. The quantitative estimate of drug-likeness (QED) is 0.610. The molecule has 4 nitrogen and oxygen atoms in total. The molecule has 1 saturated heterocycles. The minimum absolute atomic E-state index is 0.172. The summed E-state index contributed by atoms with van der Waals surface area (Å²) in [6, 6.07) is 6.14. The zero-order valence-electron chi connectivity index (χ0n) is 10.2. The minimum Gasteiger partial charge on any atom is -0.336 e. The van der Waals surface area contributed by atoms with Gasteiger partial charge >= 0.3 is 0 Å². The van der Waals surface area contributed by atoms with E-state index in [1.165, 1.54) is 11.1 Å². The molecule has 1 N–H and O–H groups in total. The topological polar surface area (TPSA) is 35.6 Å². The number of nitrogens with one attached hydrogen (secondary N) is 1. The van der Waals surface area contributed by atoms with Crippen molar-refractivity contribution in [3.8, 4) is 0 Å². The van der Waals surface area contributed by atoms with Crippen molar-refractivity contribution in [2.24, 2.45) is 0 Å². The zero-order chi connectivity index (χ0) is 12.5. The van der Waals surface area contributed by atoms with Gasteiger partial charge in [0.25, 0.3) is 5.91 Å². The second kappa shape index (κ2) is 5.14. The van der Waals surface area contributed by atoms with Crippen LogP contribution in [0.1, 0.15) is 21.5 Å². The molecule has 0 spiro atoms. The van der Waals surface area contributed by atoms with Gasteiger partial charge in [-0.15, -0.1) is 0 Å². The molecule has 0 radical (unpaired) electrons. The molecule has 0 aliphatic carbocycles. The number of benzene rings is 1. The first-order valence-electron chi connectivity index (χ1n) is 6.26. The van der Waals surface area contributed by atoms with Crippen LogP contribution in [0.25, 0.3) is 0 Å². The molecule has 5 heteroatoms. The number of fused-ring (bicyclic) bond motifs is 1. The third-order valence-electron chi connectivity index (χ3n) is 3.54. The highest BCUT2D eigenvalue weighted by Crippen LogP contribution is 2.26. The molecule has 2 aliphatic rings. The van der Waals surface area contributed by atoms with E-state index < -0.39 is 0 Å². The lowest BCUT2D eigenvalue weighted by Gasteiger charge is -2.27. The zero-order valence-corrected chi connectivity index (χ0v) is 12.3. The Morgan fingerprint density at radius 1 is 1.17 bits per heavy atom. The van der Waals surface area contributed by atoms with Crippen molar-refractivity contribution < 1.29 is 4.79 Å². The minimum atomic E-state index is 0.172. The maximum Gasteiger partial charge on any atom is 0.253 e. The van der Waals surface area contributed by atoms with E-state index in [1.54, 1.807) is 0 Å². The van der Waals surface area contributed by atoms with Crippen molar-refractivity contribution in [1.82, 2.24) is 13.3 Å². The van der Waals surface area contributed by atoms with Crippen LogP contribution < -0.4 is 5.32 Å². The monoisotopic (exact) mass is 357 g/mol. The second-order valence-electron chi connectivity index (χ2n) is 4.80. The fourth-order valence-electron chi connectivity index (χ4n) is 2.54. The maximum atomic E-state index is 12.4. The van der Waals surface area contributed by atoms with Gasteiger partial charge in [0.05, 0.1) is 0 Å². The summed E-state index contributed by atoms with van der Waals surface area (Å²) in [7, 11) is 0. The average Bonchev–Trinajstić information content (AvgIpc) is 2.78. The first kappa shape index (κ1) is 12.4. The number of hydrogen-bond donors (Lipinski definition) is 1. The summed E-state index contributed by atoms with van der Waals surface area (Å²) in [6.45, 7) is 5.36. The standard InChI is InChI=1S/C13H16IN3O/c14-17-8-11-2-1-10(7-12(11)9-17)13(18)16-5-3-15-4-6-16/h1-2,7,15H,3-6,8-9H2. The molecule has 1 fully saturated rings. The molecular weight excluding hydrogens is 341 g/mol. The van der Waals surface area contributed by atoms with Crippen molar-refractivity contribution in [2.75, 3.05) is 26.2 Å². The summed E-state index contributed by atoms with van der Waals surface area (Å²) in [5.41, 5.74) is 3.48. The molecule has 3 rings (SSSR count). The summed E-state index contributed by atoms with van der Waals surface area (Å²) >= 11 is 2.33. The van der Waals surface area contributed by atoms with Crippen LogP contribution in [-0.4, -0.2) is 40.1 Å². The summed E-state index contributed by atoms with van der Waals surface area (Å²) in [4.78, 5) is 14.3. The Hall–Kier alpha value is -0.660. The Labute approximate surface area is 121 Å². The van der Waals surface area contributed by atoms with Crippen LogP contribution in [-0.2, 0) is 13.1 Å². The molecule has 0 bridgehead atoms. The Morgan fingerprint density at radius 3 is 2.67 bits per heavy atom. The smallest absolute Gasteiger partial charge is 0.253 e. The number of carbonyl (C=O) groups is 1. The second-order valence-corrected chi connectivity index (χ2v) is 6.17. The summed E-state index contributed by atoms with van der Waals surface area (Å²) in [6.07, 6.45) is 0. The molecule has 96 valence electrons. The summed E-state index contributed by atoms with van der Waals surface area (Å²) < 4.78 is 2.24. The molecule has 2 aliphatic heterocycles. The number of halogens is 1. The van der Waals surface area contributed by atoms with E-state index in [0.29, 0.717) is 0 Å². The molecule has 0 saturated carbocycles. The average molecular weight is 357 g/mol. The van der Waals surface area contributed by atoms with Gasteiger partial charge in [0.2, 0.25) is 0 Å².